The first-order chi connectivity index (χ1) is 9.43. The molecule has 20 heavy (non-hydrogen) atoms. The molecule has 0 aliphatic heterocycles. The molecule has 1 aromatic rings. The van der Waals surface area contributed by atoms with E-state index in [9.17, 15) is 14.0 Å². The van der Waals surface area contributed by atoms with Crippen molar-refractivity contribution in [3.63, 3.8) is 0 Å². The molecular formula is C13H17FN2O4. The minimum absolute atomic E-state index is 0.140. The van der Waals surface area contributed by atoms with E-state index in [0.717, 1.165) is 0 Å². The summed E-state index contributed by atoms with van der Waals surface area (Å²) in [6, 6.07) is 2.19. The second-order valence-corrected chi connectivity index (χ2v) is 4.23. The van der Waals surface area contributed by atoms with Crippen LogP contribution in [0.3, 0.4) is 0 Å². The van der Waals surface area contributed by atoms with E-state index < -0.39 is 23.9 Å². The van der Waals surface area contributed by atoms with Crippen LogP contribution < -0.4 is 10.6 Å². The summed E-state index contributed by atoms with van der Waals surface area (Å²) in [5.74, 6) is -1.65. The quantitative estimate of drug-likeness (QED) is 0.742. The molecule has 0 fully saturated rings. The van der Waals surface area contributed by atoms with Gasteiger partial charge in [-0.1, -0.05) is 6.07 Å². The average Bonchev–Trinajstić information content (AvgIpc) is 2.38. The summed E-state index contributed by atoms with van der Waals surface area (Å²) in [5.41, 5.74) is 0.962. The van der Waals surface area contributed by atoms with Gasteiger partial charge in [0.1, 0.15) is 11.9 Å². The Hall–Kier alpha value is -2.15. The van der Waals surface area contributed by atoms with Crippen LogP contribution in [0.2, 0.25) is 0 Å². The van der Waals surface area contributed by atoms with Crippen molar-refractivity contribution >= 4 is 17.7 Å². The Balaban J connectivity index is 2.65. The summed E-state index contributed by atoms with van der Waals surface area (Å²) in [4.78, 5) is 22.7. The number of anilines is 1. The lowest BCUT2D eigenvalue weighted by atomic mass is 10.2. The monoisotopic (exact) mass is 284 g/mol. The fraction of sp³-hybridized carbons (Fsp3) is 0.385. The molecule has 3 N–H and O–H groups in total. The molecule has 1 rings (SSSR count). The first-order valence-corrected chi connectivity index (χ1v) is 5.99. The summed E-state index contributed by atoms with van der Waals surface area (Å²) < 4.78 is 17.8. The lowest BCUT2D eigenvalue weighted by Crippen LogP contribution is -2.43. The van der Waals surface area contributed by atoms with Crippen LogP contribution in [0.4, 0.5) is 14.9 Å². The molecule has 0 aliphatic rings. The lowest BCUT2D eigenvalue weighted by molar-refractivity contribution is -0.139. The van der Waals surface area contributed by atoms with Crippen LogP contribution >= 0.6 is 0 Å². The number of amides is 2. The molecule has 2 amide bonds. The third kappa shape index (κ3) is 4.85. The van der Waals surface area contributed by atoms with Gasteiger partial charge < -0.3 is 20.5 Å². The Morgan fingerprint density at radius 2 is 2.15 bits per heavy atom. The number of aryl methyl sites for hydroxylation is 1. The number of hydrogen-bond donors (Lipinski definition) is 3. The zero-order chi connectivity index (χ0) is 15.1. The molecule has 0 spiro atoms. The molecule has 1 unspecified atom stereocenters. The van der Waals surface area contributed by atoms with Crippen LogP contribution in [0.5, 0.6) is 0 Å². The van der Waals surface area contributed by atoms with Crippen molar-refractivity contribution in [1.82, 2.24) is 5.32 Å². The van der Waals surface area contributed by atoms with Gasteiger partial charge in [-0.05, 0) is 24.6 Å². The molecule has 6 nitrogen and oxygen atoms in total. The van der Waals surface area contributed by atoms with Gasteiger partial charge in [0, 0.05) is 25.8 Å². The lowest BCUT2D eigenvalue weighted by Gasteiger charge is -2.15. The second-order valence-electron chi connectivity index (χ2n) is 4.23. The number of ether oxygens (including phenoxy) is 1. The Bertz CT molecular complexity index is 493. The first-order valence-electron chi connectivity index (χ1n) is 5.99. The van der Waals surface area contributed by atoms with Crippen molar-refractivity contribution in [2.75, 3.05) is 19.0 Å². The van der Waals surface area contributed by atoms with Crippen molar-refractivity contribution in [3.8, 4) is 0 Å². The minimum atomic E-state index is -1.16. The van der Waals surface area contributed by atoms with E-state index in [2.05, 4.69) is 10.6 Å². The van der Waals surface area contributed by atoms with E-state index in [1.165, 1.54) is 25.3 Å². The number of methoxy groups -OCH3 is 1. The van der Waals surface area contributed by atoms with Crippen molar-refractivity contribution in [2.24, 2.45) is 0 Å². The predicted octanol–water partition coefficient (Wildman–Crippen LogP) is 1.75. The summed E-state index contributed by atoms with van der Waals surface area (Å²) in [5, 5.41) is 13.7. The van der Waals surface area contributed by atoms with Gasteiger partial charge in [-0.2, -0.15) is 0 Å². The Kier molecular flexibility index (Phi) is 5.92. The molecular weight excluding hydrogens is 267 g/mol. The fourth-order valence-electron chi connectivity index (χ4n) is 1.54. The van der Waals surface area contributed by atoms with Crippen molar-refractivity contribution in [3.05, 3.63) is 29.6 Å². The number of hydrogen-bond acceptors (Lipinski definition) is 3. The number of halogens is 1. The molecule has 7 heteroatoms. The third-order valence-electron chi connectivity index (χ3n) is 2.66. The second kappa shape index (κ2) is 7.44. The molecule has 0 aromatic heterocycles. The normalized spacial score (nSPS) is 11.8. The maximum absolute atomic E-state index is 13.1. The van der Waals surface area contributed by atoms with E-state index in [4.69, 9.17) is 9.84 Å². The minimum Gasteiger partial charge on any atom is -0.480 e. The average molecular weight is 284 g/mol. The van der Waals surface area contributed by atoms with Crippen LogP contribution in [0.1, 0.15) is 12.0 Å². The van der Waals surface area contributed by atoms with Crippen LogP contribution in [-0.2, 0) is 9.53 Å². The smallest absolute Gasteiger partial charge is 0.326 e. The molecule has 0 saturated carbocycles. The van der Waals surface area contributed by atoms with Gasteiger partial charge in [-0.25, -0.2) is 14.0 Å². The van der Waals surface area contributed by atoms with Gasteiger partial charge in [0.05, 0.1) is 0 Å². The molecule has 0 heterocycles. The zero-order valence-electron chi connectivity index (χ0n) is 11.3. The maximum atomic E-state index is 13.1. The van der Waals surface area contributed by atoms with Gasteiger partial charge in [0.15, 0.2) is 0 Å². The third-order valence-corrected chi connectivity index (χ3v) is 2.66. The van der Waals surface area contributed by atoms with Crippen molar-refractivity contribution in [2.45, 2.75) is 19.4 Å². The Morgan fingerprint density at radius 3 is 2.75 bits per heavy atom. The Labute approximate surface area is 115 Å². The molecule has 1 aromatic carbocycles. The van der Waals surface area contributed by atoms with E-state index in [1.807, 2.05) is 0 Å². The molecule has 0 saturated heterocycles. The molecule has 110 valence electrons. The number of aliphatic carboxylic acids is 1. The van der Waals surface area contributed by atoms with Gasteiger partial charge in [-0.3, -0.25) is 0 Å². The van der Waals surface area contributed by atoms with E-state index in [1.54, 1.807) is 6.92 Å². The number of benzene rings is 1. The topological polar surface area (TPSA) is 87.7 Å². The first kappa shape index (κ1) is 15.9. The highest BCUT2D eigenvalue weighted by Crippen LogP contribution is 2.15. The summed E-state index contributed by atoms with van der Waals surface area (Å²) in [7, 11) is 1.44. The number of urea groups is 1. The fourth-order valence-corrected chi connectivity index (χ4v) is 1.54. The van der Waals surface area contributed by atoms with Crippen molar-refractivity contribution in [1.29, 1.82) is 0 Å². The SMILES string of the molecule is COCCC(NC(=O)Nc1cc(F)ccc1C)C(=O)O. The number of rotatable bonds is 6. The van der Waals surface area contributed by atoms with E-state index >= 15 is 0 Å². The molecule has 1 atom stereocenters. The number of carbonyl (C=O) groups is 2. The van der Waals surface area contributed by atoms with E-state index in [0.29, 0.717) is 11.3 Å². The summed E-state index contributed by atoms with van der Waals surface area (Å²) in [6.45, 7) is 1.91. The van der Waals surface area contributed by atoms with Gasteiger partial charge in [0.25, 0.3) is 0 Å². The van der Waals surface area contributed by atoms with Crippen LogP contribution in [0, 0.1) is 12.7 Å². The molecule has 0 bridgehead atoms. The highest BCUT2D eigenvalue weighted by molar-refractivity contribution is 5.92. The number of carboxylic acid groups (broad SMARTS) is 1. The van der Waals surface area contributed by atoms with Crippen molar-refractivity contribution < 1.29 is 23.8 Å². The Morgan fingerprint density at radius 1 is 1.45 bits per heavy atom. The summed E-state index contributed by atoms with van der Waals surface area (Å²) in [6.07, 6.45) is 0.140. The predicted molar refractivity (Wildman–Crippen MR) is 71.2 cm³/mol. The maximum Gasteiger partial charge on any atom is 0.326 e. The van der Waals surface area contributed by atoms with Gasteiger partial charge in [0.2, 0.25) is 0 Å². The number of carbonyl (C=O) groups excluding carboxylic acids is 1. The summed E-state index contributed by atoms with van der Waals surface area (Å²) >= 11 is 0. The molecule has 0 radical (unpaired) electrons. The van der Waals surface area contributed by atoms with E-state index in [-0.39, 0.29) is 13.0 Å². The molecule has 0 aliphatic carbocycles. The highest BCUT2D eigenvalue weighted by Gasteiger charge is 2.19. The van der Waals surface area contributed by atoms with Crippen LogP contribution in [0.15, 0.2) is 18.2 Å². The van der Waals surface area contributed by atoms with Gasteiger partial charge >= 0.3 is 12.0 Å². The standard InChI is InChI=1S/C13H17FN2O4/c1-8-3-4-9(14)7-11(8)16-13(19)15-10(12(17)18)5-6-20-2/h3-4,7,10H,5-6H2,1-2H3,(H,17,18)(H2,15,16,19). The van der Waals surface area contributed by atoms with Crippen LogP contribution in [0.25, 0.3) is 0 Å². The van der Waals surface area contributed by atoms with Crippen LogP contribution in [-0.4, -0.2) is 36.9 Å². The van der Waals surface area contributed by atoms with Gasteiger partial charge in [-0.15, -0.1) is 0 Å². The number of carboxylic acids is 1. The largest absolute Gasteiger partial charge is 0.480 e. The zero-order valence-corrected chi connectivity index (χ0v) is 11.3. The number of nitrogens with one attached hydrogen (secondary N) is 2. The highest BCUT2D eigenvalue weighted by atomic mass is 19.1.